The van der Waals surface area contributed by atoms with Crippen LogP contribution in [0.5, 0.6) is 11.5 Å². The molecule has 3 aromatic rings. The number of anilines is 1. The van der Waals surface area contributed by atoms with Gasteiger partial charge in [0.15, 0.2) is 11.4 Å². The number of thioether (sulfide) groups is 1. The lowest BCUT2D eigenvalue weighted by Gasteiger charge is -2.34. The minimum atomic E-state index is -1.03. The molecular formula is C19H20N4O4S. The van der Waals surface area contributed by atoms with Crippen LogP contribution in [0.3, 0.4) is 0 Å². The fourth-order valence-corrected chi connectivity index (χ4v) is 3.40. The molecule has 0 unspecified atom stereocenters. The summed E-state index contributed by atoms with van der Waals surface area (Å²) < 4.78 is 5.94. The summed E-state index contributed by atoms with van der Waals surface area (Å²) in [6.45, 7) is 5.51. The van der Waals surface area contributed by atoms with E-state index >= 15 is 0 Å². The molecule has 0 saturated carbocycles. The van der Waals surface area contributed by atoms with Crippen LogP contribution in [-0.2, 0) is 0 Å². The first-order chi connectivity index (χ1) is 13.2. The number of hydrogen-bond donors (Lipinski definition) is 2. The minimum absolute atomic E-state index is 0.354. The van der Waals surface area contributed by atoms with Gasteiger partial charge in [-0.2, -0.15) is 0 Å². The summed E-state index contributed by atoms with van der Waals surface area (Å²) in [6, 6.07) is 6.80. The molecule has 0 aliphatic carbocycles. The van der Waals surface area contributed by atoms with Gasteiger partial charge in [0.25, 0.3) is 5.56 Å². The number of aromatic amines is 1. The summed E-state index contributed by atoms with van der Waals surface area (Å²) in [5.41, 5.74) is 0.378. The summed E-state index contributed by atoms with van der Waals surface area (Å²) in [6.07, 6.45) is 3.54. The number of hydrogen-bond acceptors (Lipinski definition) is 6. The largest absolute Gasteiger partial charge is 0.465 e. The average Bonchev–Trinajstić information content (AvgIpc) is 2.62. The van der Waals surface area contributed by atoms with Gasteiger partial charge in [-0.15, -0.1) is 11.8 Å². The lowest BCUT2D eigenvalue weighted by Crippen LogP contribution is -2.45. The number of carbonyl (C=O) groups is 1. The van der Waals surface area contributed by atoms with Crippen LogP contribution in [0, 0.1) is 0 Å². The number of carboxylic acid groups (broad SMARTS) is 1. The number of ether oxygens (including phenoxy) is 1. The van der Waals surface area contributed by atoms with E-state index < -0.39 is 11.6 Å². The second-order valence-electron chi connectivity index (χ2n) is 6.98. The molecule has 0 spiro atoms. The Morgan fingerprint density at radius 3 is 2.64 bits per heavy atom. The van der Waals surface area contributed by atoms with E-state index in [1.807, 2.05) is 27.0 Å². The number of nitrogens with one attached hydrogen (secondary N) is 1. The van der Waals surface area contributed by atoms with Crippen molar-refractivity contribution in [1.29, 1.82) is 0 Å². The van der Waals surface area contributed by atoms with E-state index in [0.717, 1.165) is 11.1 Å². The lowest BCUT2D eigenvalue weighted by atomic mass is 10.1. The van der Waals surface area contributed by atoms with Crippen LogP contribution in [0.25, 0.3) is 11.2 Å². The third-order valence-corrected chi connectivity index (χ3v) is 4.69. The van der Waals surface area contributed by atoms with Gasteiger partial charge in [0.1, 0.15) is 11.3 Å². The fraction of sp³-hybridized carbons (Fsp3) is 0.263. The second kappa shape index (κ2) is 7.51. The van der Waals surface area contributed by atoms with Crippen molar-refractivity contribution in [3.05, 3.63) is 47.0 Å². The Morgan fingerprint density at radius 2 is 2.00 bits per heavy atom. The molecule has 8 nitrogen and oxygen atoms in total. The van der Waals surface area contributed by atoms with Crippen molar-refractivity contribution in [2.75, 3.05) is 11.2 Å². The Bertz CT molecular complexity index is 1090. The maximum Gasteiger partial charge on any atom is 0.412 e. The van der Waals surface area contributed by atoms with Crippen molar-refractivity contribution >= 4 is 34.7 Å². The van der Waals surface area contributed by atoms with Crippen molar-refractivity contribution in [3.8, 4) is 11.5 Å². The van der Waals surface area contributed by atoms with Gasteiger partial charge in [-0.05, 0) is 45.2 Å². The zero-order chi connectivity index (χ0) is 20.5. The fourth-order valence-electron chi connectivity index (χ4n) is 2.79. The average molecular weight is 400 g/mol. The highest BCUT2D eigenvalue weighted by Crippen LogP contribution is 2.37. The predicted octanol–water partition coefficient (Wildman–Crippen LogP) is 4.12. The molecule has 0 fully saturated rings. The van der Waals surface area contributed by atoms with Crippen LogP contribution < -0.4 is 15.2 Å². The highest BCUT2D eigenvalue weighted by atomic mass is 32.2. The molecule has 0 radical (unpaired) electrons. The van der Waals surface area contributed by atoms with Crippen LogP contribution in [0.4, 0.5) is 10.5 Å². The number of benzene rings is 1. The molecular weight excluding hydrogens is 380 g/mol. The van der Waals surface area contributed by atoms with Gasteiger partial charge in [0.2, 0.25) is 0 Å². The van der Waals surface area contributed by atoms with Gasteiger partial charge in [0.05, 0.1) is 11.9 Å². The number of H-pyrrole nitrogens is 1. The minimum Gasteiger partial charge on any atom is -0.465 e. The molecule has 0 aliphatic rings. The van der Waals surface area contributed by atoms with E-state index in [1.165, 1.54) is 16.7 Å². The molecule has 0 atom stereocenters. The Morgan fingerprint density at radius 1 is 1.25 bits per heavy atom. The first kappa shape index (κ1) is 19.7. The monoisotopic (exact) mass is 400 g/mol. The number of rotatable bonds is 4. The summed E-state index contributed by atoms with van der Waals surface area (Å²) in [5, 5.41) is 9.67. The molecule has 0 bridgehead atoms. The summed E-state index contributed by atoms with van der Waals surface area (Å²) in [4.78, 5) is 36.3. The number of pyridine rings is 1. The van der Waals surface area contributed by atoms with Crippen LogP contribution in [0.15, 0.2) is 46.3 Å². The van der Waals surface area contributed by atoms with E-state index in [1.54, 1.807) is 30.5 Å². The molecule has 146 valence electrons. The van der Waals surface area contributed by atoms with Crippen molar-refractivity contribution < 1.29 is 14.6 Å². The van der Waals surface area contributed by atoms with Crippen molar-refractivity contribution in [2.45, 2.75) is 31.2 Å². The van der Waals surface area contributed by atoms with Gasteiger partial charge >= 0.3 is 6.09 Å². The topological polar surface area (TPSA) is 108 Å². The van der Waals surface area contributed by atoms with Crippen molar-refractivity contribution in [1.82, 2.24) is 15.0 Å². The Kier molecular flexibility index (Phi) is 5.28. The highest BCUT2D eigenvalue weighted by Gasteiger charge is 2.29. The Hall–Kier alpha value is -3.07. The van der Waals surface area contributed by atoms with Gasteiger partial charge < -0.3 is 14.8 Å². The summed E-state index contributed by atoms with van der Waals surface area (Å²) in [7, 11) is 0. The molecule has 1 aromatic carbocycles. The van der Waals surface area contributed by atoms with E-state index in [0.29, 0.717) is 28.4 Å². The highest BCUT2D eigenvalue weighted by molar-refractivity contribution is 7.98. The van der Waals surface area contributed by atoms with Gasteiger partial charge in [0, 0.05) is 22.7 Å². The van der Waals surface area contributed by atoms with E-state index in [2.05, 4.69) is 15.0 Å². The molecule has 1 amide bonds. The molecule has 0 aliphatic heterocycles. The zero-order valence-corrected chi connectivity index (χ0v) is 16.7. The summed E-state index contributed by atoms with van der Waals surface area (Å²) in [5.74, 6) is 0.908. The molecule has 9 heteroatoms. The maximum absolute atomic E-state index is 11.8. The standard InChI is InChI=1S/C19H20N4O4S/c1-19(2,3)23(18(25)26)12-6-5-11(9-14(12)28-4)27-13-7-8-20-17-16(13)22-15(24)10-21-17/h5-10H,1-4H3,(H,22,24)(H,25,26). The SMILES string of the molecule is CSc1cc(Oc2ccnc3ncc(=O)[nH]c23)ccc1N(C(=O)O)C(C)(C)C. The van der Waals surface area contributed by atoms with Crippen LogP contribution >= 0.6 is 11.8 Å². The number of aromatic nitrogens is 3. The van der Waals surface area contributed by atoms with Crippen LogP contribution in [-0.4, -0.2) is 37.9 Å². The van der Waals surface area contributed by atoms with Gasteiger partial charge in [-0.3, -0.25) is 9.69 Å². The molecule has 2 aromatic heterocycles. The quantitative estimate of drug-likeness (QED) is 0.634. The number of nitrogens with zero attached hydrogens (tertiary/aromatic N) is 3. The van der Waals surface area contributed by atoms with Crippen molar-refractivity contribution in [3.63, 3.8) is 0 Å². The smallest absolute Gasteiger partial charge is 0.412 e. The first-order valence-electron chi connectivity index (χ1n) is 8.44. The molecule has 2 N–H and O–H groups in total. The molecule has 28 heavy (non-hydrogen) atoms. The summed E-state index contributed by atoms with van der Waals surface area (Å²) >= 11 is 1.42. The first-order valence-corrected chi connectivity index (χ1v) is 9.66. The Balaban J connectivity index is 2.03. The third-order valence-electron chi connectivity index (χ3n) is 3.93. The molecule has 2 heterocycles. The van der Waals surface area contributed by atoms with E-state index in [-0.39, 0.29) is 5.56 Å². The van der Waals surface area contributed by atoms with E-state index in [9.17, 15) is 14.7 Å². The van der Waals surface area contributed by atoms with Crippen LogP contribution in [0.1, 0.15) is 20.8 Å². The second-order valence-corrected chi connectivity index (χ2v) is 7.83. The number of fused-ring (bicyclic) bond motifs is 1. The van der Waals surface area contributed by atoms with Crippen molar-refractivity contribution in [2.24, 2.45) is 0 Å². The Labute approximate surface area is 165 Å². The van der Waals surface area contributed by atoms with E-state index in [4.69, 9.17) is 4.74 Å². The molecule has 3 rings (SSSR count). The maximum atomic E-state index is 11.8. The van der Waals surface area contributed by atoms with Crippen LogP contribution in [0.2, 0.25) is 0 Å². The van der Waals surface area contributed by atoms with Gasteiger partial charge in [-0.25, -0.2) is 14.8 Å². The normalized spacial score (nSPS) is 11.4. The number of amides is 1. The molecule has 0 saturated heterocycles. The predicted molar refractivity (Wildman–Crippen MR) is 109 cm³/mol. The zero-order valence-electron chi connectivity index (χ0n) is 15.9. The van der Waals surface area contributed by atoms with Gasteiger partial charge in [-0.1, -0.05) is 0 Å². The lowest BCUT2D eigenvalue weighted by molar-refractivity contribution is 0.195. The third kappa shape index (κ3) is 3.94.